The zero-order valence-electron chi connectivity index (χ0n) is 18.3. The molecule has 0 bridgehead atoms. The van der Waals surface area contributed by atoms with Crippen molar-refractivity contribution in [3.05, 3.63) is 0 Å². The van der Waals surface area contributed by atoms with Crippen LogP contribution in [0.25, 0.3) is 0 Å². The largest absolute Gasteiger partial charge is 0.469 e. The normalized spacial score (nSPS) is 47.5. The van der Waals surface area contributed by atoms with Crippen LogP contribution in [0.5, 0.6) is 0 Å². The van der Waals surface area contributed by atoms with E-state index in [2.05, 4.69) is 20.8 Å². The van der Waals surface area contributed by atoms with Crippen molar-refractivity contribution in [2.75, 3.05) is 7.11 Å². The van der Waals surface area contributed by atoms with Gasteiger partial charge in [-0.1, -0.05) is 33.6 Å². The summed E-state index contributed by atoms with van der Waals surface area (Å²) in [5.74, 6) is 5.38. The summed E-state index contributed by atoms with van der Waals surface area (Å²) in [5, 5.41) is 0. The molecule has 0 heterocycles. The van der Waals surface area contributed by atoms with Crippen LogP contribution in [0.3, 0.4) is 0 Å². The molecule has 154 valence electrons. The van der Waals surface area contributed by atoms with E-state index < -0.39 is 0 Å². The zero-order valence-corrected chi connectivity index (χ0v) is 18.3. The summed E-state index contributed by atoms with van der Waals surface area (Å²) in [6, 6.07) is 0. The Balaban J connectivity index is 1.49. The SMILES string of the molecule is COC(=O)CC[C@@H](C)C1CCC2C3CCC4CCCCC4(C)C3CC[C@@]21C. The molecule has 0 aliphatic heterocycles. The van der Waals surface area contributed by atoms with Crippen molar-refractivity contribution in [3.8, 4) is 0 Å². The Hall–Kier alpha value is -0.530. The first kappa shape index (κ1) is 19.8. The summed E-state index contributed by atoms with van der Waals surface area (Å²) in [4.78, 5) is 11.6. The first-order valence-electron chi connectivity index (χ1n) is 12.0. The summed E-state index contributed by atoms with van der Waals surface area (Å²) in [7, 11) is 1.52. The van der Waals surface area contributed by atoms with Crippen LogP contribution in [0.1, 0.15) is 97.8 Å². The molecule has 0 aromatic rings. The number of hydrogen-bond donors (Lipinski definition) is 0. The second-order valence-corrected chi connectivity index (χ2v) is 11.2. The minimum atomic E-state index is -0.0335. The van der Waals surface area contributed by atoms with Crippen molar-refractivity contribution >= 4 is 5.97 Å². The Bertz CT molecular complexity index is 557. The highest BCUT2D eigenvalue weighted by atomic mass is 16.5. The highest BCUT2D eigenvalue weighted by Crippen LogP contribution is 2.68. The molecular formula is C25H42O2. The molecule has 4 aliphatic carbocycles. The molecule has 2 nitrogen and oxygen atoms in total. The van der Waals surface area contributed by atoms with Gasteiger partial charge in [-0.25, -0.2) is 0 Å². The van der Waals surface area contributed by atoms with Gasteiger partial charge in [0.1, 0.15) is 0 Å². The fourth-order valence-corrected chi connectivity index (χ4v) is 8.92. The lowest BCUT2D eigenvalue weighted by molar-refractivity contribution is -0.141. The lowest BCUT2D eigenvalue weighted by Gasteiger charge is -2.61. The van der Waals surface area contributed by atoms with Crippen molar-refractivity contribution in [2.24, 2.45) is 46.3 Å². The number of carbonyl (C=O) groups excluding carboxylic acids is 1. The second-order valence-electron chi connectivity index (χ2n) is 11.2. The van der Waals surface area contributed by atoms with Crippen molar-refractivity contribution in [2.45, 2.75) is 97.8 Å². The fraction of sp³-hybridized carbons (Fsp3) is 0.960. The molecule has 27 heavy (non-hydrogen) atoms. The molecule has 6 unspecified atom stereocenters. The molecule has 0 saturated heterocycles. The van der Waals surface area contributed by atoms with Gasteiger partial charge in [0.05, 0.1) is 7.11 Å². The minimum absolute atomic E-state index is 0.0335. The average Bonchev–Trinajstić information content (AvgIpc) is 3.02. The van der Waals surface area contributed by atoms with Crippen molar-refractivity contribution in [3.63, 3.8) is 0 Å². The summed E-state index contributed by atoms with van der Waals surface area (Å²) >= 11 is 0. The van der Waals surface area contributed by atoms with E-state index in [-0.39, 0.29) is 5.97 Å². The smallest absolute Gasteiger partial charge is 0.305 e. The number of rotatable bonds is 4. The van der Waals surface area contributed by atoms with E-state index in [4.69, 9.17) is 4.74 Å². The summed E-state index contributed by atoms with van der Waals surface area (Å²) in [6.07, 6.45) is 16.4. The summed E-state index contributed by atoms with van der Waals surface area (Å²) < 4.78 is 4.89. The number of fused-ring (bicyclic) bond motifs is 5. The molecule has 4 saturated carbocycles. The van der Waals surface area contributed by atoms with Crippen LogP contribution in [0.2, 0.25) is 0 Å². The molecule has 0 N–H and O–H groups in total. The van der Waals surface area contributed by atoms with Gasteiger partial charge in [-0.2, -0.15) is 0 Å². The topological polar surface area (TPSA) is 26.3 Å². The molecular weight excluding hydrogens is 332 g/mol. The van der Waals surface area contributed by atoms with Gasteiger partial charge in [-0.05, 0) is 104 Å². The van der Waals surface area contributed by atoms with Crippen LogP contribution in [-0.2, 0) is 9.53 Å². The second kappa shape index (κ2) is 7.38. The van der Waals surface area contributed by atoms with Gasteiger partial charge in [0, 0.05) is 6.42 Å². The van der Waals surface area contributed by atoms with Crippen molar-refractivity contribution < 1.29 is 9.53 Å². The van der Waals surface area contributed by atoms with Gasteiger partial charge in [-0.15, -0.1) is 0 Å². The van der Waals surface area contributed by atoms with Crippen LogP contribution >= 0.6 is 0 Å². The maximum atomic E-state index is 11.6. The van der Waals surface area contributed by atoms with Crippen molar-refractivity contribution in [1.82, 2.24) is 0 Å². The van der Waals surface area contributed by atoms with Gasteiger partial charge in [-0.3, -0.25) is 4.79 Å². The highest BCUT2D eigenvalue weighted by Gasteiger charge is 2.60. The highest BCUT2D eigenvalue weighted by molar-refractivity contribution is 5.69. The van der Waals surface area contributed by atoms with Crippen molar-refractivity contribution in [1.29, 1.82) is 0 Å². The van der Waals surface area contributed by atoms with Gasteiger partial charge < -0.3 is 4.74 Å². The Morgan fingerprint density at radius 2 is 1.74 bits per heavy atom. The predicted octanol–water partition coefficient (Wildman–Crippen LogP) is 6.62. The molecule has 4 rings (SSSR count). The Morgan fingerprint density at radius 1 is 0.963 bits per heavy atom. The van der Waals surface area contributed by atoms with Crippen LogP contribution in [0.4, 0.5) is 0 Å². The fourth-order valence-electron chi connectivity index (χ4n) is 8.92. The monoisotopic (exact) mass is 374 g/mol. The zero-order chi connectivity index (χ0) is 19.2. The van der Waals surface area contributed by atoms with E-state index in [9.17, 15) is 4.79 Å². The Morgan fingerprint density at radius 3 is 2.52 bits per heavy atom. The Labute approximate surface area is 167 Å². The quantitative estimate of drug-likeness (QED) is 0.517. The van der Waals surface area contributed by atoms with Gasteiger partial charge in [0.2, 0.25) is 0 Å². The maximum absolute atomic E-state index is 11.6. The van der Waals surface area contributed by atoms with E-state index in [1.807, 2.05) is 0 Å². The first-order chi connectivity index (χ1) is 12.9. The van der Waals surface area contributed by atoms with Gasteiger partial charge in [0.15, 0.2) is 0 Å². The molecule has 2 heteroatoms. The predicted molar refractivity (Wildman–Crippen MR) is 110 cm³/mol. The molecule has 0 aromatic carbocycles. The minimum Gasteiger partial charge on any atom is -0.469 e. The number of ether oxygens (including phenoxy) is 1. The number of hydrogen-bond acceptors (Lipinski definition) is 2. The van der Waals surface area contributed by atoms with E-state index in [1.165, 1.54) is 71.3 Å². The molecule has 4 aliphatic rings. The third kappa shape index (κ3) is 3.18. The molecule has 8 atom stereocenters. The lowest BCUT2D eigenvalue weighted by Crippen LogP contribution is -2.53. The molecule has 0 amide bonds. The van der Waals surface area contributed by atoms with Crippen LogP contribution < -0.4 is 0 Å². The molecule has 0 radical (unpaired) electrons. The van der Waals surface area contributed by atoms with Crippen LogP contribution in [-0.4, -0.2) is 13.1 Å². The van der Waals surface area contributed by atoms with E-state index in [0.717, 1.165) is 36.0 Å². The molecule has 4 fully saturated rings. The third-order valence-electron chi connectivity index (χ3n) is 10.4. The van der Waals surface area contributed by atoms with E-state index >= 15 is 0 Å². The Kier molecular flexibility index (Phi) is 5.40. The van der Waals surface area contributed by atoms with Gasteiger partial charge >= 0.3 is 5.97 Å². The van der Waals surface area contributed by atoms with Crippen LogP contribution in [0.15, 0.2) is 0 Å². The number of methoxy groups -OCH3 is 1. The van der Waals surface area contributed by atoms with Crippen LogP contribution in [0, 0.1) is 46.3 Å². The lowest BCUT2D eigenvalue weighted by atomic mass is 9.44. The molecule has 0 spiro atoms. The summed E-state index contributed by atoms with van der Waals surface area (Å²) in [6.45, 7) is 7.73. The van der Waals surface area contributed by atoms with Gasteiger partial charge in [0.25, 0.3) is 0 Å². The number of carbonyl (C=O) groups is 1. The molecule has 0 aromatic heterocycles. The summed E-state index contributed by atoms with van der Waals surface area (Å²) in [5.41, 5.74) is 1.17. The van der Waals surface area contributed by atoms with E-state index in [1.54, 1.807) is 0 Å². The standard InChI is InChI=1S/C25H42O2/c1-17(8-13-23(26)27-4)20-11-12-21-19-10-9-18-7-5-6-15-24(18,2)22(19)14-16-25(20,21)3/h17-22H,5-16H2,1-4H3/t17-,18?,19?,20?,21?,22?,24?,25-/m1/s1. The third-order valence-corrected chi connectivity index (χ3v) is 10.4. The number of esters is 1. The maximum Gasteiger partial charge on any atom is 0.305 e. The average molecular weight is 375 g/mol. The first-order valence-corrected chi connectivity index (χ1v) is 12.0. The van der Waals surface area contributed by atoms with E-state index in [0.29, 0.717) is 23.2 Å².